The predicted molar refractivity (Wildman–Crippen MR) is 84.9 cm³/mol. The second-order valence-corrected chi connectivity index (χ2v) is 5.51. The molecule has 7 heteroatoms. The van der Waals surface area contributed by atoms with Crippen molar-refractivity contribution in [3.05, 3.63) is 75.7 Å². The van der Waals surface area contributed by atoms with Crippen LogP contribution in [0, 0.1) is 5.21 Å². The number of carbonyl (C=O) groups excluding carboxylic acids is 1. The summed E-state index contributed by atoms with van der Waals surface area (Å²) in [7, 11) is 0. The molecule has 0 radical (unpaired) electrons. The van der Waals surface area contributed by atoms with Crippen molar-refractivity contribution in [1.29, 1.82) is 0 Å². The zero-order valence-electron chi connectivity index (χ0n) is 11.5. The van der Waals surface area contributed by atoms with Crippen LogP contribution in [0.1, 0.15) is 5.56 Å². The highest BCUT2D eigenvalue weighted by atomic mass is 35.5. The number of quaternary nitrogens is 1. The van der Waals surface area contributed by atoms with Crippen LogP contribution in [0.4, 0.5) is 4.79 Å². The number of allylic oxidation sites excluding steroid dienone is 2. The lowest BCUT2D eigenvalue weighted by Crippen LogP contribution is -3.07. The van der Waals surface area contributed by atoms with Gasteiger partial charge in [0.15, 0.2) is 6.04 Å². The number of rotatable bonds is 4. The molecule has 0 aliphatic carbocycles. The molecule has 2 N–H and O–H groups in total. The van der Waals surface area contributed by atoms with Gasteiger partial charge in [0, 0.05) is 6.08 Å². The molecular weight excluding hydrogens is 327 g/mol. The van der Waals surface area contributed by atoms with Gasteiger partial charge in [-0.3, -0.25) is 5.32 Å². The van der Waals surface area contributed by atoms with Crippen LogP contribution in [0.25, 0.3) is 0 Å². The lowest BCUT2D eigenvalue weighted by Gasteiger charge is -2.29. The first-order chi connectivity index (χ1) is 10.6. The average molecular weight is 341 g/mol. The highest BCUT2D eigenvalue weighted by molar-refractivity contribution is 6.55. The molecule has 1 aromatic carbocycles. The molecule has 0 fully saturated rings. The Morgan fingerprint density at radius 2 is 2.09 bits per heavy atom. The van der Waals surface area contributed by atoms with Crippen molar-refractivity contribution in [2.45, 2.75) is 12.6 Å². The topological polar surface area (TPSA) is 65.8 Å². The maximum absolute atomic E-state index is 11.8. The van der Waals surface area contributed by atoms with Gasteiger partial charge in [-0.15, -0.1) is 0 Å². The van der Waals surface area contributed by atoms with Crippen molar-refractivity contribution in [3.63, 3.8) is 0 Å². The molecule has 2 rings (SSSR count). The van der Waals surface area contributed by atoms with E-state index in [4.69, 9.17) is 27.9 Å². The number of hydroxylamine groups is 2. The van der Waals surface area contributed by atoms with Crippen LogP contribution in [0.2, 0.25) is 0 Å². The van der Waals surface area contributed by atoms with Gasteiger partial charge in [0.1, 0.15) is 11.1 Å². The van der Waals surface area contributed by atoms with E-state index in [1.165, 1.54) is 12.3 Å². The Labute approximate surface area is 138 Å². The lowest BCUT2D eigenvalue weighted by atomic mass is 10.1. The largest absolute Gasteiger partial charge is 0.629 e. The number of halogens is 2. The second kappa shape index (κ2) is 8.00. The third kappa shape index (κ3) is 4.89. The summed E-state index contributed by atoms with van der Waals surface area (Å²) >= 11 is 11.2. The fourth-order valence-electron chi connectivity index (χ4n) is 1.90. The molecule has 116 valence electrons. The van der Waals surface area contributed by atoms with E-state index in [-0.39, 0.29) is 16.2 Å². The Balaban J connectivity index is 1.96. The first-order valence-electron chi connectivity index (χ1n) is 6.49. The standard InChI is InChI=1S/C15H14Cl2N2O3/c16-14(17)9-13-12(7-4-8-19(13)21)18-15(20)22-10-11-5-2-1-3-6-11/h1-9,13,19H,10H2,(H,18,20). The third-order valence-electron chi connectivity index (χ3n) is 2.93. The minimum atomic E-state index is -0.723. The maximum atomic E-state index is 11.8. The van der Waals surface area contributed by atoms with E-state index < -0.39 is 12.1 Å². The molecule has 0 aromatic heterocycles. The Hall–Kier alpha value is -1.79. The van der Waals surface area contributed by atoms with Gasteiger partial charge in [-0.1, -0.05) is 53.5 Å². The molecular formula is C15H14Cl2N2O3. The Morgan fingerprint density at radius 3 is 2.77 bits per heavy atom. The molecule has 0 bridgehead atoms. The minimum absolute atomic E-state index is 0.0426. The molecule has 2 atom stereocenters. The zero-order valence-corrected chi connectivity index (χ0v) is 13.0. The van der Waals surface area contributed by atoms with Crippen LogP contribution in [0.3, 0.4) is 0 Å². The van der Waals surface area contributed by atoms with Crippen LogP contribution in [0.5, 0.6) is 0 Å². The van der Waals surface area contributed by atoms with E-state index in [0.29, 0.717) is 5.70 Å². The lowest BCUT2D eigenvalue weighted by molar-refractivity contribution is -0.807. The van der Waals surface area contributed by atoms with Crippen molar-refractivity contribution < 1.29 is 14.6 Å². The Bertz CT molecular complexity index is 610. The summed E-state index contributed by atoms with van der Waals surface area (Å²) in [6.45, 7) is 0.139. The van der Waals surface area contributed by atoms with Crippen LogP contribution < -0.4 is 10.4 Å². The van der Waals surface area contributed by atoms with E-state index in [9.17, 15) is 10.0 Å². The van der Waals surface area contributed by atoms with Gasteiger partial charge in [0.2, 0.25) is 0 Å². The molecule has 0 saturated carbocycles. The minimum Gasteiger partial charge on any atom is -0.629 e. The predicted octanol–water partition coefficient (Wildman–Crippen LogP) is 2.39. The number of carbonyl (C=O) groups is 1. The number of benzene rings is 1. The summed E-state index contributed by atoms with van der Waals surface area (Å²) in [4.78, 5) is 11.8. The summed E-state index contributed by atoms with van der Waals surface area (Å²) in [5, 5.41) is 14.1. The van der Waals surface area contributed by atoms with Gasteiger partial charge >= 0.3 is 6.09 Å². The van der Waals surface area contributed by atoms with Gasteiger partial charge in [0.25, 0.3) is 0 Å². The molecule has 0 spiro atoms. The first kappa shape index (κ1) is 16.6. The first-order valence-corrected chi connectivity index (χ1v) is 7.24. The normalized spacial score (nSPS) is 20.0. The van der Waals surface area contributed by atoms with Gasteiger partial charge in [-0.2, -0.15) is 0 Å². The number of nitrogens with one attached hydrogen (secondary N) is 2. The van der Waals surface area contributed by atoms with Crippen molar-refractivity contribution in [3.8, 4) is 0 Å². The van der Waals surface area contributed by atoms with Gasteiger partial charge < -0.3 is 15.0 Å². The quantitative estimate of drug-likeness (QED) is 0.827. The number of hydrogen-bond donors (Lipinski definition) is 2. The number of amides is 1. The fourth-order valence-corrected chi connectivity index (χ4v) is 2.15. The summed E-state index contributed by atoms with van der Waals surface area (Å²) in [6, 6.07) is 8.55. The Morgan fingerprint density at radius 1 is 1.36 bits per heavy atom. The Kier molecular flexibility index (Phi) is 6.03. The zero-order chi connectivity index (χ0) is 15.9. The van der Waals surface area contributed by atoms with Crippen LogP contribution in [-0.2, 0) is 11.3 Å². The number of ether oxygens (including phenoxy) is 1. The van der Waals surface area contributed by atoms with Gasteiger partial charge in [-0.05, 0) is 17.7 Å². The summed E-state index contributed by atoms with van der Waals surface area (Å²) in [5.41, 5.74) is 1.23. The monoisotopic (exact) mass is 340 g/mol. The molecule has 1 aliphatic heterocycles. The van der Waals surface area contributed by atoms with Crippen molar-refractivity contribution in [2.24, 2.45) is 0 Å². The van der Waals surface area contributed by atoms with E-state index >= 15 is 0 Å². The third-order valence-corrected chi connectivity index (χ3v) is 3.18. The van der Waals surface area contributed by atoms with Gasteiger partial charge in [0.05, 0.1) is 11.9 Å². The summed E-state index contributed by atoms with van der Waals surface area (Å²) in [6.07, 6.45) is 5.24. The van der Waals surface area contributed by atoms with Crippen molar-refractivity contribution >= 4 is 29.3 Å². The molecule has 1 amide bonds. The number of hydrogen-bond acceptors (Lipinski definition) is 3. The number of alkyl carbamates (subject to hydrolysis) is 1. The highest BCUT2D eigenvalue weighted by Gasteiger charge is 2.22. The molecule has 0 saturated heterocycles. The van der Waals surface area contributed by atoms with Crippen molar-refractivity contribution in [2.75, 3.05) is 0 Å². The second-order valence-electron chi connectivity index (χ2n) is 4.50. The molecule has 2 unspecified atom stereocenters. The molecule has 1 aromatic rings. The smallest absolute Gasteiger partial charge is 0.411 e. The van der Waals surface area contributed by atoms with Crippen LogP contribution in [0.15, 0.2) is 64.9 Å². The van der Waals surface area contributed by atoms with E-state index in [2.05, 4.69) is 5.32 Å². The average Bonchev–Trinajstić information content (AvgIpc) is 2.49. The van der Waals surface area contributed by atoms with E-state index in [0.717, 1.165) is 5.56 Å². The van der Waals surface area contributed by atoms with E-state index in [1.807, 2.05) is 30.3 Å². The highest BCUT2D eigenvalue weighted by Crippen LogP contribution is 2.12. The fraction of sp³-hybridized carbons (Fsp3) is 0.133. The molecule has 1 heterocycles. The molecule has 5 nitrogen and oxygen atoms in total. The molecule has 22 heavy (non-hydrogen) atoms. The van der Waals surface area contributed by atoms with Gasteiger partial charge in [-0.25, -0.2) is 4.79 Å². The van der Waals surface area contributed by atoms with E-state index in [1.54, 1.807) is 12.2 Å². The summed E-state index contributed by atoms with van der Waals surface area (Å²) in [5.74, 6) is 0. The van der Waals surface area contributed by atoms with Crippen LogP contribution in [-0.4, -0.2) is 12.1 Å². The van der Waals surface area contributed by atoms with Crippen molar-refractivity contribution in [1.82, 2.24) is 5.32 Å². The SMILES string of the molecule is O=C(NC1=CC=C[NH+]([O-])C1C=C(Cl)Cl)OCc1ccccc1. The molecule has 1 aliphatic rings. The van der Waals surface area contributed by atoms with Crippen LogP contribution >= 0.6 is 23.2 Å². The maximum Gasteiger partial charge on any atom is 0.411 e. The summed E-state index contributed by atoms with van der Waals surface area (Å²) < 4.78 is 5.06.